The van der Waals surface area contributed by atoms with E-state index < -0.39 is 0 Å². The Kier molecular flexibility index (Phi) is 20.0. The summed E-state index contributed by atoms with van der Waals surface area (Å²) in [6, 6.07) is 45.4. The SMILES string of the molecule is CCCCCC1C=C(c2ccc(-c3ccc(-c4ccc(CCC)cc4)cc3F)cc2)CC1.CCCCCC1CCC(c2ccc(-c3ccc(-c4ccc(CCC)cc4)cc3F)cc2)C1.CO. The lowest BCUT2D eigenvalue weighted by Crippen LogP contribution is -1.96. The summed E-state index contributed by atoms with van der Waals surface area (Å²) >= 11 is 0. The standard InChI is InChI=1S/C31H37F.C31H35F.CH4O/c2*1-3-5-6-8-24-11-14-28(21-24)26-15-17-27(18-16-26)30-20-19-29(22-31(30)32)25-12-9-23(7-4-2)10-13-25;1-2/h9-10,12-13,15-20,22,24,28H,3-8,11,14,21H2,1-2H3;9-10,12-13,15-22,24H,3-8,11,14H2,1-2H3;2H,1H3. The van der Waals surface area contributed by atoms with Crippen LogP contribution in [0.5, 0.6) is 0 Å². The number of aliphatic hydroxyl groups is 1. The van der Waals surface area contributed by atoms with Crippen molar-refractivity contribution in [1.29, 1.82) is 0 Å². The van der Waals surface area contributed by atoms with Gasteiger partial charge >= 0.3 is 0 Å². The predicted octanol–water partition coefficient (Wildman–Crippen LogP) is 18.7. The molecule has 3 heteroatoms. The van der Waals surface area contributed by atoms with E-state index >= 15 is 8.78 Å². The number of hydrogen-bond acceptors (Lipinski definition) is 1. The van der Waals surface area contributed by atoms with E-state index in [1.54, 1.807) is 12.1 Å². The molecule has 348 valence electrons. The molecule has 8 rings (SSSR count). The van der Waals surface area contributed by atoms with Gasteiger partial charge in [0.15, 0.2) is 0 Å². The number of aryl methyl sites for hydroxylation is 2. The van der Waals surface area contributed by atoms with Gasteiger partial charge in [0, 0.05) is 18.2 Å². The van der Waals surface area contributed by atoms with Crippen molar-refractivity contribution in [3.8, 4) is 44.5 Å². The average Bonchev–Trinajstić information content (AvgIpc) is 4.04. The van der Waals surface area contributed by atoms with E-state index in [1.165, 1.54) is 105 Å². The largest absolute Gasteiger partial charge is 0.400 e. The van der Waals surface area contributed by atoms with Crippen LogP contribution in [-0.4, -0.2) is 12.2 Å². The molecule has 2 aliphatic rings. The van der Waals surface area contributed by atoms with Crippen LogP contribution < -0.4 is 0 Å². The van der Waals surface area contributed by atoms with Crippen LogP contribution in [0.15, 0.2) is 140 Å². The van der Waals surface area contributed by atoms with Crippen LogP contribution in [0.2, 0.25) is 0 Å². The number of unbranched alkanes of at least 4 members (excludes halogenated alkanes) is 4. The fraction of sp³-hybridized carbons (Fsp3) is 0.397. The van der Waals surface area contributed by atoms with Gasteiger partial charge in [-0.1, -0.05) is 213 Å². The van der Waals surface area contributed by atoms with Crippen LogP contribution in [0.3, 0.4) is 0 Å². The predicted molar refractivity (Wildman–Crippen MR) is 280 cm³/mol. The summed E-state index contributed by atoms with van der Waals surface area (Å²) in [6.45, 7) is 8.91. The normalized spacial score (nSPS) is 16.5. The second-order valence-electron chi connectivity index (χ2n) is 18.8. The maximum Gasteiger partial charge on any atom is 0.131 e. The number of hydrogen-bond donors (Lipinski definition) is 1. The lowest BCUT2D eigenvalue weighted by molar-refractivity contribution is 0.399. The Morgan fingerprint density at radius 2 is 0.909 bits per heavy atom. The Morgan fingerprint density at radius 3 is 1.39 bits per heavy atom. The van der Waals surface area contributed by atoms with Gasteiger partial charge in [-0.3, -0.25) is 0 Å². The molecule has 0 heterocycles. The molecule has 0 saturated heterocycles. The van der Waals surface area contributed by atoms with Crippen molar-refractivity contribution in [2.24, 2.45) is 11.8 Å². The fourth-order valence-electron chi connectivity index (χ4n) is 10.2. The summed E-state index contributed by atoms with van der Waals surface area (Å²) in [5, 5.41) is 7.00. The molecular formula is C63H76F2O. The summed E-state index contributed by atoms with van der Waals surface area (Å²) in [5.74, 6) is 2.00. The molecule has 3 unspecified atom stereocenters. The molecule has 0 spiro atoms. The highest BCUT2D eigenvalue weighted by Crippen LogP contribution is 2.41. The number of allylic oxidation sites excluding steroid dienone is 2. The molecule has 1 N–H and O–H groups in total. The molecule has 0 amide bonds. The molecule has 0 radical (unpaired) electrons. The highest BCUT2D eigenvalue weighted by molar-refractivity contribution is 5.75. The highest BCUT2D eigenvalue weighted by Gasteiger charge is 2.25. The molecule has 66 heavy (non-hydrogen) atoms. The van der Waals surface area contributed by atoms with Gasteiger partial charge in [-0.15, -0.1) is 0 Å². The molecule has 0 aliphatic heterocycles. The van der Waals surface area contributed by atoms with Crippen molar-refractivity contribution in [2.45, 2.75) is 143 Å². The molecule has 6 aromatic carbocycles. The molecule has 6 aromatic rings. The number of benzene rings is 6. The van der Waals surface area contributed by atoms with Gasteiger partial charge in [0.1, 0.15) is 11.6 Å². The van der Waals surface area contributed by atoms with Gasteiger partial charge in [-0.2, -0.15) is 0 Å². The third kappa shape index (κ3) is 14.0. The van der Waals surface area contributed by atoms with Crippen molar-refractivity contribution in [3.05, 3.63) is 173 Å². The molecule has 0 bridgehead atoms. The lowest BCUT2D eigenvalue weighted by atomic mass is 9.92. The van der Waals surface area contributed by atoms with Crippen LogP contribution in [0.1, 0.15) is 152 Å². The zero-order valence-electron chi connectivity index (χ0n) is 40.7. The summed E-state index contributed by atoms with van der Waals surface area (Å²) in [5.41, 5.74) is 14.1. The Hall–Kier alpha value is -5.12. The Bertz CT molecular complexity index is 2370. The van der Waals surface area contributed by atoms with E-state index in [9.17, 15) is 0 Å². The second-order valence-corrected chi connectivity index (χ2v) is 18.8. The van der Waals surface area contributed by atoms with E-state index in [0.717, 1.165) is 84.4 Å². The van der Waals surface area contributed by atoms with Crippen molar-refractivity contribution in [2.75, 3.05) is 7.11 Å². The third-order valence-corrected chi connectivity index (χ3v) is 14.0. The highest BCUT2D eigenvalue weighted by atomic mass is 19.1. The van der Waals surface area contributed by atoms with Crippen molar-refractivity contribution >= 4 is 5.57 Å². The summed E-state index contributed by atoms with van der Waals surface area (Å²) in [7, 11) is 1.00. The zero-order valence-corrected chi connectivity index (χ0v) is 40.7. The van der Waals surface area contributed by atoms with Gasteiger partial charge in [0.05, 0.1) is 0 Å². The van der Waals surface area contributed by atoms with E-state index in [2.05, 4.69) is 131 Å². The topological polar surface area (TPSA) is 20.2 Å². The summed E-state index contributed by atoms with van der Waals surface area (Å²) in [4.78, 5) is 0. The summed E-state index contributed by atoms with van der Waals surface area (Å²) in [6.07, 6.45) is 24.1. The number of halogens is 2. The average molecular weight is 887 g/mol. The molecular weight excluding hydrogens is 811 g/mol. The monoisotopic (exact) mass is 887 g/mol. The first-order valence-corrected chi connectivity index (χ1v) is 25.5. The van der Waals surface area contributed by atoms with E-state index in [0.29, 0.717) is 17.0 Å². The molecule has 3 atom stereocenters. The number of rotatable bonds is 18. The zero-order chi connectivity index (χ0) is 46.7. The maximum atomic E-state index is 15.0. The first-order valence-electron chi connectivity index (χ1n) is 25.5. The fourth-order valence-corrected chi connectivity index (χ4v) is 10.2. The van der Waals surface area contributed by atoms with Crippen molar-refractivity contribution < 1.29 is 13.9 Å². The minimum atomic E-state index is -0.163. The number of aliphatic hydroxyl groups excluding tert-OH is 1. The van der Waals surface area contributed by atoms with Crippen LogP contribution in [0.25, 0.3) is 50.1 Å². The van der Waals surface area contributed by atoms with Gasteiger partial charge in [-0.05, 0) is 142 Å². The van der Waals surface area contributed by atoms with Gasteiger partial charge < -0.3 is 5.11 Å². The van der Waals surface area contributed by atoms with E-state index in [1.807, 2.05) is 24.3 Å². The Balaban J connectivity index is 0.000000210. The Morgan fingerprint density at radius 1 is 0.455 bits per heavy atom. The lowest BCUT2D eigenvalue weighted by Gasteiger charge is -2.13. The minimum absolute atomic E-state index is 0.148. The first kappa shape index (κ1) is 50.3. The molecule has 0 aromatic heterocycles. The van der Waals surface area contributed by atoms with Crippen molar-refractivity contribution in [1.82, 2.24) is 0 Å². The molecule has 1 nitrogen and oxygen atoms in total. The second kappa shape index (κ2) is 26.3. The first-order chi connectivity index (χ1) is 32.3. The quantitative estimate of drug-likeness (QED) is 0.0853. The molecule has 1 fully saturated rings. The molecule has 2 aliphatic carbocycles. The van der Waals surface area contributed by atoms with Gasteiger partial charge in [0.2, 0.25) is 0 Å². The van der Waals surface area contributed by atoms with Gasteiger partial charge in [0.25, 0.3) is 0 Å². The van der Waals surface area contributed by atoms with Crippen molar-refractivity contribution in [3.63, 3.8) is 0 Å². The molecule has 1 saturated carbocycles. The minimum Gasteiger partial charge on any atom is -0.400 e. The van der Waals surface area contributed by atoms with Crippen LogP contribution >= 0.6 is 0 Å². The maximum absolute atomic E-state index is 15.0. The van der Waals surface area contributed by atoms with Crippen LogP contribution in [0.4, 0.5) is 8.78 Å². The Labute approximate surface area is 397 Å². The third-order valence-electron chi connectivity index (χ3n) is 14.0. The smallest absolute Gasteiger partial charge is 0.131 e. The van der Waals surface area contributed by atoms with E-state index in [4.69, 9.17) is 5.11 Å². The van der Waals surface area contributed by atoms with Gasteiger partial charge in [-0.25, -0.2) is 8.78 Å². The summed E-state index contributed by atoms with van der Waals surface area (Å²) < 4.78 is 30.0. The van der Waals surface area contributed by atoms with E-state index in [-0.39, 0.29) is 11.6 Å². The van der Waals surface area contributed by atoms with Crippen LogP contribution in [0, 0.1) is 23.5 Å². The van der Waals surface area contributed by atoms with Crippen LogP contribution in [-0.2, 0) is 12.8 Å².